The Balaban J connectivity index is 4.56. The van der Waals surface area contributed by atoms with E-state index >= 15 is 0 Å². The van der Waals surface area contributed by atoms with Gasteiger partial charge in [-0.15, -0.1) is 0 Å². The first-order valence-electron chi connectivity index (χ1n) is 6.28. The van der Waals surface area contributed by atoms with E-state index in [1.54, 1.807) is 13.8 Å². The molecule has 0 aliphatic heterocycles. The summed E-state index contributed by atoms with van der Waals surface area (Å²) in [4.78, 5) is 43.6. The van der Waals surface area contributed by atoms with Crippen LogP contribution in [-0.4, -0.2) is 51.5 Å². The van der Waals surface area contributed by atoms with Crippen LogP contribution in [0, 0.1) is 5.92 Å². The van der Waals surface area contributed by atoms with Crippen molar-refractivity contribution in [2.45, 2.75) is 45.3 Å². The van der Waals surface area contributed by atoms with Crippen molar-refractivity contribution in [3.05, 3.63) is 0 Å². The Labute approximate surface area is 120 Å². The number of carbonyl (C=O) groups is 4. The quantitative estimate of drug-likeness (QED) is 0.481. The van der Waals surface area contributed by atoms with Crippen LogP contribution in [0.2, 0.25) is 0 Å². The summed E-state index contributed by atoms with van der Waals surface area (Å²) in [6.45, 7) is 3.52. The number of rotatable bonds is 9. The van der Waals surface area contributed by atoms with E-state index in [1.165, 1.54) is 0 Å². The molecule has 2 atom stereocenters. The van der Waals surface area contributed by atoms with E-state index < -0.39 is 49.0 Å². The number of hydrogen-bond donors (Lipinski definition) is 4. The second-order valence-corrected chi connectivity index (χ2v) is 4.83. The van der Waals surface area contributed by atoms with Crippen molar-refractivity contribution < 1.29 is 39.2 Å². The summed E-state index contributed by atoms with van der Waals surface area (Å²) in [5.74, 6) is -4.00. The largest absolute Gasteiger partial charge is 0.481 e. The lowest BCUT2D eigenvalue weighted by molar-refractivity contribution is -0.148. The molecule has 1 amide bonds. The number of carbonyl (C=O) groups excluding carboxylic acids is 1. The second-order valence-electron chi connectivity index (χ2n) is 4.83. The number of carboxylic acids is 3. The molecule has 0 radical (unpaired) electrons. The van der Waals surface area contributed by atoms with Gasteiger partial charge in [0.25, 0.3) is 0 Å². The standard InChI is InChI=1S/C12H19NO8/c1-6(2)5-7(10(16)17)13-12(20)21-8(11(18)19)3-4-9(14)15/h6-8H,3-5H2,1-2H3,(H,13,20)(H,14,15)(H,16,17)(H,18,19)/t7-,8-/m0/s1. The zero-order valence-corrected chi connectivity index (χ0v) is 11.7. The van der Waals surface area contributed by atoms with Crippen LogP contribution in [0.25, 0.3) is 0 Å². The second kappa shape index (κ2) is 8.77. The van der Waals surface area contributed by atoms with E-state index in [0.29, 0.717) is 0 Å². The molecule has 0 aromatic rings. The summed E-state index contributed by atoms with van der Waals surface area (Å²) in [7, 11) is 0. The summed E-state index contributed by atoms with van der Waals surface area (Å²) in [6, 6.07) is -1.20. The maximum absolute atomic E-state index is 11.5. The molecule has 9 heteroatoms. The third-order valence-corrected chi connectivity index (χ3v) is 2.44. The van der Waals surface area contributed by atoms with Gasteiger partial charge in [-0.2, -0.15) is 0 Å². The normalized spacial score (nSPS) is 13.3. The summed E-state index contributed by atoms with van der Waals surface area (Å²) in [5, 5.41) is 28.3. The lowest BCUT2D eigenvalue weighted by atomic mass is 10.0. The predicted molar refractivity (Wildman–Crippen MR) is 68.8 cm³/mol. The maximum Gasteiger partial charge on any atom is 0.408 e. The van der Waals surface area contributed by atoms with Crippen molar-refractivity contribution >= 4 is 24.0 Å². The summed E-state index contributed by atoms with van der Waals surface area (Å²) in [6.07, 6.45) is -3.59. The van der Waals surface area contributed by atoms with Gasteiger partial charge >= 0.3 is 24.0 Å². The molecular weight excluding hydrogens is 286 g/mol. The van der Waals surface area contributed by atoms with Crippen LogP contribution >= 0.6 is 0 Å². The highest BCUT2D eigenvalue weighted by atomic mass is 16.6. The number of aliphatic carboxylic acids is 3. The average Bonchev–Trinajstić information content (AvgIpc) is 2.32. The van der Waals surface area contributed by atoms with Crippen molar-refractivity contribution in [2.24, 2.45) is 5.92 Å². The number of alkyl carbamates (subject to hydrolysis) is 1. The SMILES string of the molecule is CC(C)C[C@H](NC(=O)O[C@@H](CCC(=O)O)C(=O)O)C(=O)O. The molecule has 0 rings (SSSR count). The molecule has 0 bridgehead atoms. The maximum atomic E-state index is 11.5. The molecule has 4 N–H and O–H groups in total. The first-order chi connectivity index (χ1) is 9.63. The van der Waals surface area contributed by atoms with Gasteiger partial charge in [0.1, 0.15) is 6.04 Å². The van der Waals surface area contributed by atoms with Crippen LogP contribution in [0.15, 0.2) is 0 Å². The van der Waals surface area contributed by atoms with Crippen LogP contribution in [0.1, 0.15) is 33.1 Å². The fourth-order valence-electron chi connectivity index (χ4n) is 1.49. The molecule has 0 saturated carbocycles. The number of amides is 1. The predicted octanol–water partition coefficient (Wildman–Crippen LogP) is 0.530. The topological polar surface area (TPSA) is 150 Å². The van der Waals surface area contributed by atoms with Gasteiger partial charge in [0, 0.05) is 12.8 Å². The molecule has 0 aliphatic rings. The highest BCUT2D eigenvalue weighted by Gasteiger charge is 2.27. The fourth-order valence-corrected chi connectivity index (χ4v) is 1.49. The molecule has 0 unspecified atom stereocenters. The molecule has 0 aliphatic carbocycles. The zero-order valence-electron chi connectivity index (χ0n) is 11.7. The van der Waals surface area contributed by atoms with Gasteiger partial charge in [-0.25, -0.2) is 14.4 Å². The zero-order chi connectivity index (χ0) is 16.6. The minimum absolute atomic E-state index is 0.00585. The van der Waals surface area contributed by atoms with Crippen LogP contribution in [0.3, 0.4) is 0 Å². The van der Waals surface area contributed by atoms with Crippen molar-refractivity contribution in [1.29, 1.82) is 0 Å². The molecule has 0 heterocycles. The summed E-state index contributed by atoms with van der Waals surface area (Å²) >= 11 is 0. The Bertz CT molecular complexity index is 406. The van der Waals surface area contributed by atoms with Crippen LogP contribution < -0.4 is 5.32 Å². The molecule has 0 spiro atoms. The highest BCUT2D eigenvalue weighted by Crippen LogP contribution is 2.07. The number of nitrogens with one attached hydrogen (secondary N) is 1. The van der Waals surface area contributed by atoms with Gasteiger partial charge in [-0.1, -0.05) is 13.8 Å². The van der Waals surface area contributed by atoms with Gasteiger partial charge in [-0.3, -0.25) is 4.79 Å². The monoisotopic (exact) mass is 305 g/mol. The van der Waals surface area contributed by atoms with Gasteiger partial charge in [0.05, 0.1) is 0 Å². The van der Waals surface area contributed by atoms with Crippen molar-refractivity contribution in [3.63, 3.8) is 0 Å². The van der Waals surface area contributed by atoms with E-state index in [1.807, 2.05) is 5.32 Å². The van der Waals surface area contributed by atoms with E-state index in [4.69, 9.17) is 15.3 Å². The lowest BCUT2D eigenvalue weighted by Gasteiger charge is -2.18. The highest BCUT2D eigenvalue weighted by molar-refractivity contribution is 5.82. The first kappa shape index (κ1) is 18.7. The van der Waals surface area contributed by atoms with Gasteiger partial charge in [-0.05, 0) is 12.3 Å². The smallest absolute Gasteiger partial charge is 0.408 e. The van der Waals surface area contributed by atoms with Gasteiger partial charge in [0.2, 0.25) is 6.10 Å². The molecule has 0 fully saturated rings. The lowest BCUT2D eigenvalue weighted by Crippen LogP contribution is -2.44. The Kier molecular flexibility index (Phi) is 7.80. The van der Waals surface area contributed by atoms with E-state index in [0.717, 1.165) is 0 Å². The van der Waals surface area contributed by atoms with Crippen LogP contribution in [-0.2, 0) is 19.1 Å². The van der Waals surface area contributed by atoms with Crippen molar-refractivity contribution in [2.75, 3.05) is 0 Å². The minimum atomic E-state index is -1.64. The third-order valence-electron chi connectivity index (χ3n) is 2.44. The van der Waals surface area contributed by atoms with E-state index in [2.05, 4.69) is 4.74 Å². The average molecular weight is 305 g/mol. The Hall–Kier alpha value is -2.32. The van der Waals surface area contributed by atoms with Crippen LogP contribution in [0.5, 0.6) is 0 Å². The summed E-state index contributed by atoms with van der Waals surface area (Å²) in [5.41, 5.74) is 0. The third kappa shape index (κ3) is 8.45. The molecular formula is C12H19NO8. The number of carboxylic acid groups (broad SMARTS) is 3. The molecule has 21 heavy (non-hydrogen) atoms. The van der Waals surface area contributed by atoms with Crippen molar-refractivity contribution in [1.82, 2.24) is 5.32 Å². The minimum Gasteiger partial charge on any atom is -0.481 e. The van der Waals surface area contributed by atoms with E-state index in [9.17, 15) is 19.2 Å². The molecule has 120 valence electrons. The Morgan fingerprint density at radius 3 is 2.00 bits per heavy atom. The van der Waals surface area contributed by atoms with Crippen LogP contribution in [0.4, 0.5) is 4.79 Å². The Morgan fingerprint density at radius 1 is 1.05 bits per heavy atom. The van der Waals surface area contributed by atoms with Gasteiger partial charge < -0.3 is 25.4 Å². The number of hydrogen-bond acceptors (Lipinski definition) is 5. The first-order valence-corrected chi connectivity index (χ1v) is 6.28. The summed E-state index contributed by atoms with van der Waals surface area (Å²) < 4.78 is 4.55. The number of ether oxygens (including phenoxy) is 1. The fraction of sp³-hybridized carbons (Fsp3) is 0.667. The van der Waals surface area contributed by atoms with Gasteiger partial charge in [0.15, 0.2) is 0 Å². The Morgan fingerprint density at radius 2 is 1.62 bits per heavy atom. The molecule has 0 aromatic heterocycles. The van der Waals surface area contributed by atoms with Crippen molar-refractivity contribution in [3.8, 4) is 0 Å². The molecule has 0 aromatic carbocycles. The van der Waals surface area contributed by atoms with E-state index in [-0.39, 0.29) is 12.3 Å². The molecule has 0 saturated heterocycles. The molecule has 9 nitrogen and oxygen atoms in total.